The van der Waals surface area contributed by atoms with Gasteiger partial charge in [0.15, 0.2) is 0 Å². The fourth-order valence-electron chi connectivity index (χ4n) is 2.28. The number of thiophene rings is 1. The number of ether oxygens (including phenoxy) is 2. The summed E-state index contributed by atoms with van der Waals surface area (Å²) in [5.74, 6) is 0. The number of hydrogen-bond donors (Lipinski definition) is 1. The van der Waals surface area contributed by atoms with Crippen LogP contribution in [0.3, 0.4) is 0 Å². The maximum absolute atomic E-state index is 6.05. The largest absolute Gasteiger partial charge is 0.380 e. The van der Waals surface area contributed by atoms with E-state index in [4.69, 9.17) is 15.2 Å². The lowest BCUT2D eigenvalue weighted by atomic mass is 10.2. The highest BCUT2D eigenvalue weighted by atomic mass is 32.1. The zero-order chi connectivity index (χ0) is 15.5. The van der Waals surface area contributed by atoms with Crippen LogP contribution in [0.2, 0.25) is 0 Å². The molecule has 21 heavy (non-hydrogen) atoms. The number of rotatable bonds is 12. The third kappa shape index (κ3) is 6.45. The zero-order valence-electron chi connectivity index (χ0n) is 13.6. The van der Waals surface area contributed by atoms with E-state index in [9.17, 15) is 0 Å². The monoisotopic (exact) mass is 314 g/mol. The van der Waals surface area contributed by atoms with Crippen molar-refractivity contribution >= 4 is 11.3 Å². The van der Waals surface area contributed by atoms with Gasteiger partial charge in [0.25, 0.3) is 0 Å². The molecule has 1 aromatic heterocycles. The Labute approximate surface area is 133 Å². The van der Waals surface area contributed by atoms with E-state index in [1.165, 1.54) is 9.75 Å². The van der Waals surface area contributed by atoms with E-state index >= 15 is 0 Å². The van der Waals surface area contributed by atoms with Crippen molar-refractivity contribution in [3.8, 4) is 0 Å². The van der Waals surface area contributed by atoms with E-state index in [0.717, 1.165) is 45.9 Å². The van der Waals surface area contributed by atoms with Crippen LogP contribution >= 0.6 is 11.3 Å². The van der Waals surface area contributed by atoms with Crippen LogP contribution in [0.25, 0.3) is 0 Å². The van der Waals surface area contributed by atoms with E-state index in [2.05, 4.69) is 24.0 Å². The number of nitrogens with zero attached hydrogens (tertiary/aromatic N) is 1. The topological polar surface area (TPSA) is 47.7 Å². The van der Waals surface area contributed by atoms with Crippen molar-refractivity contribution in [1.82, 2.24) is 4.90 Å². The Bertz CT molecular complexity index is 361. The Morgan fingerprint density at radius 1 is 1.10 bits per heavy atom. The van der Waals surface area contributed by atoms with Crippen molar-refractivity contribution in [2.45, 2.75) is 33.2 Å². The summed E-state index contributed by atoms with van der Waals surface area (Å²) < 4.78 is 11.0. The lowest BCUT2D eigenvalue weighted by molar-refractivity contribution is 0.0647. The van der Waals surface area contributed by atoms with Crippen molar-refractivity contribution < 1.29 is 9.47 Å². The highest BCUT2D eigenvalue weighted by Gasteiger charge is 2.20. The molecule has 0 aliphatic heterocycles. The quantitative estimate of drug-likeness (QED) is 0.603. The highest BCUT2D eigenvalue weighted by Crippen LogP contribution is 2.27. The van der Waals surface area contributed by atoms with E-state index in [1.807, 2.05) is 25.2 Å². The summed E-state index contributed by atoms with van der Waals surface area (Å²) in [6.07, 6.45) is 1.08. The standard InChI is InChI=1S/C16H30N2O2S/c1-4-14-7-8-16(21-14)15(13-17)18(9-11-19-5-2)10-12-20-6-3/h7-8,15H,4-6,9-13,17H2,1-3H3. The van der Waals surface area contributed by atoms with Crippen molar-refractivity contribution in [2.24, 2.45) is 5.73 Å². The summed E-state index contributed by atoms with van der Waals surface area (Å²) in [5.41, 5.74) is 6.05. The van der Waals surface area contributed by atoms with Crippen LogP contribution in [0.4, 0.5) is 0 Å². The summed E-state index contributed by atoms with van der Waals surface area (Å²) in [6, 6.07) is 4.69. The van der Waals surface area contributed by atoms with Gasteiger partial charge in [-0.05, 0) is 32.4 Å². The third-order valence-electron chi connectivity index (χ3n) is 3.48. The molecular weight excluding hydrogens is 284 g/mol. The Kier molecular flexibility index (Phi) is 9.87. The van der Waals surface area contributed by atoms with Crippen LogP contribution in [-0.2, 0) is 15.9 Å². The van der Waals surface area contributed by atoms with Crippen LogP contribution in [-0.4, -0.2) is 51.0 Å². The van der Waals surface area contributed by atoms with E-state index in [-0.39, 0.29) is 6.04 Å². The van der Waals surface area contributed by atoms with Crippen molar-refractivity contribution in [3.05, 3.63) is 21.9 Å². The van der Waals surface area contributed by atoms with Gasteiger partial charge in [-0.2, -0.15) is 0 Å². The molecule has 122 valence electrons. The molecule has 1 heterocycles. The summed E-state index contributed by atoms with van der Waals surface area (Å²) in [7, 11) is 0. The van der Waals surface area contributed by atoms with E-state index in [1.54, 1.807) is 0 Å². The molecule has 1 aromatic rings. The average molecular weight is 314 g/mol. The molecule has 0 aromatic carbocycles. The molecule has 0 aliphatic rings. The first-order valence-corrected chi connectivity index (χ1v) is 8.76. The second-order valence-corrected chi connectivity index (χ2v) is 6.04. The second-order valence-electron chi connectivity index (χ2n) is 4.84. The predicted molar refractivity (Wildman–Crippen MR) is 90.1 cm³/mol. The van der Waals surface area contributed by atoms with Gasteiger partial charge in [-0.25, -0.2) is 0 Å². The molecule has 0 spiro atoms. The summed E-state index contributed by atoms with van der Waals surface area (Å²) in [4.78, 5) is 5.15. The summed E-state index contributed by atoms with van der Waals surface area (Å²) >= 11 is 1.87. The number of hydrogen-bond acceptors (Lipinski definition) is 5. The van der Waals surface area contributed by atoms with Crippen molar-refractivity contribution in [3.63, 3.8) is 0 Å². The third-order valence-corrected chi connectivity index (χ3v) is 4.81. The molecule has 0 radical (unpaired) electrons. The van der Waals surface area contributed by atoms with Gasteiger partial charge in [-0.15, -0.1) is 11.3 Å². The Morgan fingerprint density at radius 3 is 2.14 bits per heavy atom. The van der Waals surface area contributed by atoms with Crippen molar-refractivity contribution in [2.75, 3.05) is 46.1 Å². The molecule has 0 amide bonds. The van der Waals surface area contributed by atoms with Crippen molar-refractivity contribution in [1.29, 1.82) is 0 Å². The molecule has 0 fully saturated rings. The lowest BCUT2D eigenvalue weighted by Gasteiger charge is -2.30. The molecule has 0 aliphatic carbocycles. The normalized spacial score (nSPS) is 13.0. The molecular formula is C16H30N2O2S. The minimum Gasteiger partial charge on any atom is -0.380 e. The van der Waals surface area contributed by atoms with Crippen LogP contribution in [0.5, 0.6) is 0 Å². The SMILES string of the molecule is CCOCCN(CCOCC)C(CN)c1ccc(CC)s1. The fourth-order valence-corrected chi connectivity index (χ4v) is 3.39. The van der Waals surface area contributed by atoms with Gasteiger partial charge in [-0.3, -0.25) is 4.90 Å². The van der Waals surface area contributed by atoms with Crippen LogP contribution in [0, 0.1) is 0 Å². The first-order valence-electron chi connectivity index (χ1n) is 7.94. The van der Waals surface area contributed by atoms with Gasteiger partial charge >= 0.3 is 0 Å². The van der Waals surface area contributed by atoms with Gasteiger partial charge in [0.2, 0.25) is 0 Å². The maximum Gasteiger partial charge on any atom is 0.0593 e. The van der Waals surface area contributed by atoms with E-state index < -0.39 is 0 Å². The maximum atomic E-state index is 6.05. The van der Waals surface area contributed by atoms with Gasteiger partial charge in [0.05, 0.1) is 19.3 Å². The lowest BCUT2D eigenvalue weighted by Crippen LogP contribution is -2.38. The minimum absolute atomic E-state index is 0.260. The summed E-state index contributed by atoms with van der Waals surface area (Å²) in [5, 5.41) is 0. The van der Waals surface area contributed by atoms with Crippen LogP contribution in [0.15, 0.2) is 12.1 Å². The van der Waals surface area contributed by atoms with Gasteiger partial charge < -0.3 is 15.2 Å². The predicted octanol–water partition coefficient (Wildman–Crippen LogP) is 2.69. The fraction of sp³-hybridized carbons (Fsp3) is 0.750. The Balaban J connectivity index is 2.69. The van der Waals surface area contributed by atoms with E-state index in [0.29, 0.717) is 6.54 Å². The number of aryl methyl sites for hydroxylation is 1. The number of nitrogens with two attached hydrogens (primary N) is 1. The van der Waals surface area contributed by atoms with Gasteiger partial charge in [0, 0.05) is 42.6 Å². The zero-order valence-corrected chi connectivity index (χ0v) is 14.5. The first-order chi connectivity index (χ1) is 10.3. The molecule has 1 unspecified atom stereocenters. The molecule has 1 atom stereocenters. The molecule has 0 saturated heterocycles. The minimum atomic E-state index is 0.260. The summed E-state index contributed by atoms with van der Waals surface area (Å²) in [6.45, 7) is 11.6. The molecule has 4 nitrogen and oxygen atoms in total. The molecule has 0 saturated carbocycles. The molecule has 0 bridgehead atoms. The second kappa shape index (κ2) is 11.2. The Morgan fingerprint density at radius 2 is 1.71 bits per heavy atom. The molecule has 2 N–H and O–H groups in total. The average Bonchev–Trinajstić information content (AvgIpc) is 2.97. The molecule has 5 heteroatoms. The van der Waals surface area contributed by atoms with Crippen LogP contribution in [0.1, 0.15) is 36.6 Å². The molecule has 1 rings (SSSR count). The smallest absolute Gasteiger partial charge is 0.0593 e. The Hall–Kier alpha value is -0.460. The van der Waals surface area contributed by atoms with Gasteiger partial charge in [-0.1, -0.05) is 6.92 Å². The first kappa shape index (κ1) is 18.6. The highest BCUT2D eigenvalue weighted by molar-refractivity contribution is 7.12. The van der Waals surface area contributed by atoms with Gasteiger partial charge in [0.1, 0.15) is 0 Å². The van der Waals surface area contributed by atoms with Crippen LogP contribution < -0.4 is 5.73 Å².